The molecule has 110 valence electrons. The summed E-state index contributed by atoms with van der Waals surface area (Å²) in [6.45, 7) is 0.320. The Labute approximate surface area is 132 Å². The Kier molecular flexibility index (Phi) is 4.75. The van der Waals surface area contributed by atoms with Gasteiger partial charge < -0.3 is 10.6 Å². The van der Waals surface area contributed by atoms with E-state index in [0.29, 0.717) is 11.6 Å². The monoisotopic (exact) mass is 326 g/mol. The molecule has 0 heterocycles. The van der Waals surface area contributed by atoms with Gasteiger partial charge in [-0.1, -0.05) is 36.0 Å². The van der Waals surface area contributed by atoms with E-state index in [1.165, 1.54) is 4.90 Å². The van der Waals surface area contributed by atoms with Crippen LogP contribution in [-0.4, -0.2) is 12.0 Å². The number of nitrogens with zero attached hydrogens (tertiary/aromatic N) is 1. The average molecular weight is 327 g/mol. The Morgan fingerprint density at radius 3 is 2.38 bits per heavy atom. The lowest BCUT2D eigenvalue weighted by Crippen LogP contribution is -2.20. The molecule has 6 heteroatoms. The molecule has 0 amide bonds. The molecule has 0 saturated heterocycles. The third-order valence-corrected chi connectivity index (χ3v) is 3.46. The highest BCUT2D eigenvalue weighted by Crippen LogP contribution is 2.26. The Morgan fingerprint density at radius 2 is 1.86 bits per heavy atom. The van der Waals surface area contributed by atoms with Crippen LogP contribution < -0.4 is 10.6 Å². The van der Waals surface area contributed by atoms with E-state index in [0.717, 1.165) is 17.7 Å². The highest BCUT2D eigenvalue weighted by atomic mass is 35.5. The second kappa shape index (κ2) is 6.37. The smallest absolute Gasteiger partial charge is 0.150 e. The van der Waals surface area contributed by atoms with Crippen LogP contribution in [-0.2, 0) is 6.54 Å². The molecule has 0 aliphatic rings. The van der Waals surface area contributed by atoms with Crippen LogP contribution in [0.15, 0.2) is 36.4 Å². The van der Waals surface area contributed by atoms with Gasteiger partial charge in [0.1, 0.15) is 22.3 Å². The van der Waals surface area contributed by atoms with Crippen molar-refractivity contribution in [1.82, 2.24) is 0 Å². The Hall–Kier alpha value is -1.72. The zero-order valence-corrected chi connectivity index (χ0v) is 12.8. The van der Waals surface area contributed by atoms with E-state index in [2.05, 4.69) is 0 Å². The summed E-state index contributed by atoms with van der Waals surface area (Å²) in [4.78, 5) is 1.43. The van der Waals surface area contributed by atoms with Gasteiger partial charge in [-0.3, -0.25) is 0 Å². The third-order valence-electron chi connectivity index (χ3n) is 2.99. The maximum Gasteiger partial charge on any atom is 0.150 e. The summed E-state index contributed by atoms with van der Waals surface area (Å²) in [5.41, 5.74) is 6.27. The number of anilines is 1. The van der Waals surface area contributed by atoms with Crippen LogP contribution in [0.3, 0.4) is 0 Å². The van der Waals surface area contributed by atoms with Gasteiger partial charge in [0, 0.05) is 24.2 Å². The van der Waals surface area contributed by atoms with Crippen molar-refractivity contribution in [1.29, 1.82) is 0 Å². The Bertz CT molecular complexity index is 668. The van der Waals surface area contributed by atoms with E-state index in [1.807, 2.05) is 6.07 Å². The van der Waals surface area contributed by atoms with Crippen LogP contribution in [0.25, 0.3) is 0 Å². The molecule has 0 aliphatic heterocycles. The summed E-state index contributed by atoms with van der Waals surface area (Å²) in [6.07, 6.45) is 0. The van der Waals surface area contributed by atoms with Crippen molar-refractivity contribution >= 4 is 34.5 Å². The number of thiocarbonyl (C=S) groups is 1. The van der Waals surface area contributed by atoms with Crippen LogP contribution in [0, 0.1) is 11.6 Å². The van der Waals surface area contributed by atoms with E-state index in [1.54, 1.807) is 25.2 Å². The van der Waals surface area contributed by atoms with Crippen LogP contribution in [0.4, 0.5) is 14.5 Å². The summed E-state index contributed by atoms with van der Waals surface area (Å²) < 4.78 is 28.2. The van der Waals surface area contributed by atoms with E-state index >= 15 is 0 Å². The highest BCUT2D eigenvalue weighted by Gasteiger charge is 2.16. The van der Waals surface area contributed by atoms with Crippen LogP contribution in [0.5, 0.6) is 0 Å². The van der Waals surface area contributed by atoms with Crippen LogP contribution >= 0.6 is 23.8 Å². The van der Waals surface area contributed by atoms with Crippen molar-refractivity contribution in [3.8, 4) is 0 Å². The van der Waals surface area contributed by atoms with Crippen molar-refractivity contribution in [2.75, 3.05) is 11.9 Å². The topological polar surface area (TPSA) is 29.3 Å². The van der Waals surface area contributed by atoms with Gasteiger partial charge in [0.25, 0.3) is 0 Å². The molecule has 0 radical (unpaired) electrons. The molecule has 0 spiro atoms. The molecular formula is C15H13ClF2N2S. The van der Waals surface area contributed by atoms with E-state index in [4.69, 9.17) is 29.6 Å². The first kappa shape index (κ1) is 15.7. The van der Waals surface area contributed by atoms with Crippen molar-refractivity contribution in [3.05, 3.63) is 64.2 Å². The second-order valence-electron chi connectivity index (χ2n) is 4.64. The normalized spacial score (nSPS) is 10.5. The van der Waals surface area contributed by atoms with E-state index < -0.39 is 11.6 Å². The summed E-state index contributed by atoms with van der Waals surface area (Å²) in [5.74, 6) is -1.41. The number of benzene rings is 2. The maximum atomic E-state index is 14.1. The minimum absolute atomic E-state index is 0.0446. The predicted molar refractivity (Wildman–Crippen MR) is 85.8 cm³/mol. The lowest BCUT2D eigenvalue weighted by Gasteiger charge is -2.21. The fraction of sp³-hybridized carbons (Fsp3) is 0.133. The Morgan fingerprint density at radius 1 is 1.24 bits per heavy atom. The molecule has 0 fully saturated rings. The maximum absolute atomic E-state index is 14.1. The Balaban J connectivity index is 2.31. The molecule has 0 saturated carbocycles. The summed E-state index contributed by atoms with van der Waals surface area (Å²) in [5, 5.41) is 0.575. The lowest BCUT2D eigenvalue weighted by atomic mass is 10.1. The number of rotatable bonds is 4. The van der Waals surface area contributed by atoms with Gasteiger partial charge in [0.15, 0.2) is 0 Å². The van der Waals surface area contributed by atoms with Crippen molar-refractivity contribution in [2.45, 2.75) is 6.54 Å². The van der Waals surface area contributed by atoms with Gasteiger partial charge in [0.05, 0.1) is 0 Å². The molecule has 21 heavy (non-hydrogen) atoms. The number of nitrogens with two attached hydrogens (primary N) is 1. The molecule has 0 bridgehead atoms. The molecule has 2 rings (SSSR count). The van der Waals surface area contributed by atoms with Gasteiger partial charge in [-0.2, -0.15) is 0 Å². The summed E-state index contributed by atoms with van der Waals surface area (Å²) in [7, 11) is 1.60. The molecule has 2 aromatic rings. The largest absolute Gasteiger partial charge is 0.389 e. The fourth-order valence-electron chi connectivity index (χ4n) is 2.06. The zero-order valence-electron chi connectivity index (χ0n) is 11.2. The van der Waals surface area contributed by atoms with Crippen molar-refractivity contribution < 1.29 is 8.78 Å². The first-order valence-corrected chi connectivity index (χ1v) is 6.91. The fourth-order valence-corrected chi connectivity index (χ4v) is 2.39. The standard InChI is InChI=1S/C15H13ClF2N2S/c1-20(8-9-3-2-4-11(16)5-9)14-12(17)6-10(15(19)21)7-13(14)18/h2-7H,8H2,1H3,(H2,19,21). The van der Waals surface area contributed by atoms with Gasteiger partial charge >= 0.3 is 0 Å². The predicted octanol–water partition coefficient (Wildman–Crippen LogP) is 3.89. The molecule has 0 atom stereocenters. The van der Waals surface area contributed by atoms with E-state index in [9.17, 15) is 8.78 Å². The quantitative estimate of drug-likeness (QED) is 0.864. The average Bonchev–Trinajstić information content (AvgIpc) is 2.37. The number of halogens is 3. The molecule has 2 N–H and O–H groups in total. The SMILES string of the molecule is CN(Cc1cccc(Cl)c1)c1c(F)cc(C(N)=S)cc1F. The van der Waals surface area contributed by atoms with E-state index in [-0.39, 0.29) is 16.2 Å². The molecular weight excluding hydrogens is 314 g/mol. The van der Waals surface area contributed by atoms with Gasteiger partial charge in [-0.15, -0.1) is 0 Å². The minimum atomic E-state index is -0.706. The van der Waals surface area contributed by atoms with Crippen LogP contribution in [0.1, 0.15) is 11.1 Å². The molecule has 0 aliphatic carbocycles. The van der Waals surface area contributed by atoms with Gasteiger partial charge in [-0.05, 0) is 29.8 Å². The third kappa shape index (κ3) is 3.68. The first-order chi connectivity index (χ1) is 9.88. The molecule has 0 aromatic heterocycles. The van der Waals surface area contributed by atoms with Crippen molar-refractivity contribution in [3.63, 3.8) is 0 Å². The van der Waals surface area contributed by atoms with Crippen molar-refractivity contribution in [2.24, 2.45) is 5.73 Å². The summed E-state index contributed by atoms with van der Waals surface area (Å²) >= 11 is 10.6. The molecule has 2 nitrogen and oxygen atoms in total. The zero-order chi connectivity index (χ0) is 15.6. The van der Waals surface area contributed by atoms with Gasteiger partial charge in [-0.25, -0.2) is 8.78 Å². The first-order valence-electron chi connectivity index (χ1n) is 6.13. The number of hydrogen-bond acceptors (Lipinski definition) is 2. The molecule has 0 unspecified atom stereocenters. The highest BCUT2D eigenvalue weighted by molar-refractivity contribution is 7.80. The van der Waals surface area contributed by atoms with Crippen LogP contribution in [0.2, 0.25) is 5.02 Å². The minimum Gasteiger partial charge on any atom is -0.389 e. The number of hydrogen-bond donors (Lipinski definition) is 1. The summed E-state index contributed by atoms with van der Waals surface area (Å²) in [6, 6.07) is 9.38. The lowest BCUT2D eigenvalue weighted by molar-refractivity contribution is 0.576. The molecule has 2 aromatic carbocycles. The van der Waals surface area contributed by atoms with Gasteiger partial charge in [0.2, 0.25) is 0 Å². The second-order valence-corrected chi connectivity index (χ2v) is 5.51.